The minimum atomic E-state index is -0.375. The Kier molecular flexibility index (Phi) is 3.93. The first-order valence-corrected chi connectivity index (χ1v) is 7.49. The fourth-order valence-electron chi connectivity index (χ4n) is 2.20. The van der Waals surface area contributed by atoms with Gasteiger partial charge in [-0.15, -0.1) is 0 Å². The Bertz CT molecular complexity index is 852. The van der Waals surface area contributed by atoms with Gasteiger partial charge in [0.2, 0.25) is 0 Å². The summed E-state index contributed by atoms with van der Waals surface area (Å²) in [6.07, 6.45) is 0. The number of anilines is 1. The third-order valence-corrected chi connectivity index (χ3v) is 4.06. The van der Waals surface area contributed by atoms with E-state index in [1.54, 1.807) is 18.2 Å². The summed E-state index contributed by atoms with van der Waals surface area (Å²) < 4.78 is 3.21. The van der Waals surface area contributed by atoms with Gasteiger partial charge in [-0.3, -0.25) is 15.1 Å². The molecule has 1 aromatic heterocycles. The van der Waals surface area contributed by atoms with E-state index in [1.807, 2.05) is 37.3 Å². The van der Waals surface area contributed by atoms with Crippen molar-refractivity contribution in [3.8, 4) is 0 Å². The number of aromatic nitrogens is 1. The molecule has 0 bridgehead atoms. The smallest absolute Gasteiger partial charge is 0.284 e. The van der Waals surface area contributed by atoms with Crippen LogP contribution in [0.1, 0.15) is 5.69 Å². The summed E-state index contributed by atoms with van der Waals surface area (Å²) in [4.78, 5) is 15.7. The van der Waals surface area contributed by atoms with E-state index in [0.717, 1.165) is 22.3 Å². The number of aryl methyl sites for hydroxylation is 1. The van der Waals surface area contributed by atoms with Crippen molar-refractivity contribution in [1.29, 1.82) is 0 Å². The van der Waals surface area contributed by atoms with Crippen molar-refractivity contribution in [3.63, 3.8) is 0 Å². The minimum absolute atomic E-state index is 0.0927. The van der Waals surface area contributed by atoms with E-state index in [0.29, 0.717) is 4.90 Å². The zero-order valence-corrected chi connectivity index (χ0v) is 12.6. The van der Waals surface area contributed by atoms with Gasteiger partial charge in [-0.25, -0.2) is 0 Å². The lowest BCUT2D eigenvalue weighted by molar-refractivity contribution is -0.387. The summed E-state index contributed by atoms with van der Waals surface area (Å²) in [5.74, 6) is 0. The number of nitro groups is 1. The Morgan fingerprint density at radius 1 is 1.14 bits per heavy atom. The van der Waals surface area contributed by atoms with Crippen molar-refractivity contribution >= 4 is 34.2 Å². The number of pyridine rings is 1. The molecule has 0 amide bonds. The molecule has 0 spiro atoms. The largest absolute Gasteiger partial charge is 0.325 e. The molecule has 3 aromatic rings. The number of nitrogens with zero attached hydrogens (tertiary/aromatic N) is 2. The van der Waals surface area contributed by atoms with Crippen LogP contribution < -0.4 is 4.72 Å². The van der Waals surface area contributed by atoms with Crippen molar-refractivity contribution in [3.05, 3.63) is 70.4 Å². The predicted octanol–water partition coefficient (Wildman–Crippen LogP) is 4.57. The van der Waals surface area contributed by atoms with Crippen LogP contribution in [0, 0.1) is 17.0 Å². The number of rotatable bonds is 4. The molecule has 2 aromatic carbocycles. The average Bonchev–Trinajstić information content (AvgIpc) is 2.52. The molecule has 6 heteroatoms. The van der Waals surface area contributed by atoms with Gasteiger partial charge in [0.15, 0.2) is 0 Å². The van der Waals surface area contributed by atoms with Crippen molar-refractivity contribution < 1.29 is 4.92 Å². The van der Waals surface area contributed by atoms with Gasteiger partial charge < -0.3 is 4.72 Å². The first-order valence-electron chi connectivity index (χ1n) is 6.68. The second-order valence-electron chi connectivity index (χ2n) is 4.76. The standard InChI is InChI=1S/C16H13N3O2S/c1-11-10-14(12-6-2-3-7-13(12)17-11)18-22-16-9-5-4-8-15(16)19(20)21/h2-10H,1H3,(H,17,18). The van der Waals surface area contributed by atoms with Crippen molar-refractivity contribution in [2.24, 2.45) is 0 Å². The maximum Gasteiger partial charge on any atom is 0.284 e. The van der Waals surface area contributed by atoms with Crippen LogP contribution in [-0.4, -0.2) is 9.91 Å². The van der Waals surface area contributed by atoms with E-state index in [4.69, 9.17) is 0 Å². The molecular weight excluding hydrogens is 298 g/mol. The van der Waals surface area contributed by atoms with Crippen LogP contribution >= 0.6 is 11.9 Å². The molecule has 0 aliphatic heterocycles. The molecule has 110 valence electrons. The molecule has 0 aliphatic carbocycles. The number of hydrogen-bond acceptors (Lipinski definition) is 5. The number of nitrogens with one attached hydrogen (secondary N) is 1. The molecule has 0 aliphatic rings. The maximum absolute atomic E-state index is 11.1. The zero-order valence-electron chi connectivity index (χ0n) is 11.8. The second-order valence-corrected chi connectivity index (χ2v) is 5.61. The van der Waals surface area contributed by atoms with Crippen molar-refractivity contribution in [2.75, 3.05) is 4.72 Å². The van der Waals surface area contributed by atoms with Crippen molar-refractivity contribution in [1.82, 2.24) is 4.98 Å². The average molecular weight is 311 g/mol. The SMILES string of the molecule is Cc1cc(NSc2ccccc2[N+](=O)[O-])c2ccccc2n1. The Morgan fingerprint density at radius 3 is 2.68 bits per heavy atom. The monoisotopic (exact) mass is 311 g/mol. The highest BCUT2D eigenvalue weighted by Gasteiger charge is 2.13. The van der Waals surface area contributed by atoms with Crippen LogP contribution in [0.4, 0.5) is 11.4 Å². The van der Waals surface area contributed by atoms with E-state index in [1.165, 1.54) is 18.0 Å². The van der Waals surface area contributed by atoms with Gasteiger partial charge in [0, 0.05) is 17.1 Å². The summed E-state index contributed by atoms with van der Waals surface area (Å²) in [6.45, 7) is 1.92. The molecule has 22 heavy (non-hydrogen) atoms. The Labute approximate surface area is 131 Å². The number of para-hydroxylation sites is 2. The normalized spacial score (nSPS) is 10.6. The number of benzene rings is 2. The Morgan fingerprint density at radius 2 is 1.86 bits per heavy atom. The summed E-state index contributed by atoms with van der Waals surface area (Å²) >= 11 is 1.23. The molecule has 0 fully saturated rings. The number of hydrogen-bond donors (Lipinski definition) is 1. The maximum atomic E-state index is 11.1. The van der Waals surface area contributed by atoms with E-state index in [2.05, 4.69) is 9.71 Å². The summed E-state index contributed by atoms with van der Waals surface area (Å²) in [5.41, 5.74) is 2.78. The van der Waals surface area contributed by atoms with Gasteiger partial charge in [-0.05, 0) is 37.1 Å². The highest BCUT2D eigenvalue weighted by molar-refractivity contribution is 8.00. The molecule has 0 atom stereocenters. The van der Waals surface area contributed by atoms with E-state index < -0.39 is 0 Å². The highest BCUT2D eigenvalue weighted by Crippen LogP contribution is 2.32. The summed E-state index contributed by atoms with van der Waals surface area (Å²) in [6, 6.07) is 16.4. The quantitative estimate of drug-likeness (QED) is 0.434. The van der Waals surface area contributed by atoms with Crippen LogP contribution in [0.3, 0.4) is 0 Å². The molecule has 0 saturated carbocycles. The Hall–Kier alpha value is -2.60. The van der Waals surface area contributed by atoms with Gasteiger partial charge in [0.25, 0.3) is 5.69 Å². The Balaban J connectivity index is 1.93. The molecule has 0 radical (unpaired) electrons. The predicted molar refractivity (Wildman–Crippen MR) is 89.1 cm³/mol. The highest BCUT2D eigenvalue weighted by atomic mass is 32.2. The third kappa shape index (κ3) is 2.87. The molecule has 3 rings (SSSR count). The van der Waals surface area contributed by atoms with Gasteiger partial charge in [-0.2, -0.15) is 0 Å². The zero-order chi connectivity index (χ0) is 15.5. The third-order valence-electron chi connectivity index (χ3n) is 3.18. The molecule has 1 heterocycles. The number of nitro benzene ring substituents is 1. The van der Waals surface area contributed by atoms with E-state index >= 15 is 0 Å². The molecule has 5 nitrogen and oxygen atoms in total. The van der Waals surface area contributed by atoms with Crippen LogP contribution in [0.2, 0.25) is 0 Å². The van der Waals surface area contributed by atoms with Crippen molar-refractivity contribution in [2.45, 2.75) is 11.8 Å². The van der Waals surface area contributed by atoms with Gasteiger partial charge >= 0.3 is 0 Å². The summed E-state index contributed by atoms with van der Waals surface area (Å²) in [7, 11) is 0. The molecule has 1 N–H and O–H groups in total. The summed E-state index contributed by atoms with van der Waals surface area (Å²) in [5, 5.41) is 12.0. The fourth-order valence-corrected chi connectivity index (χ4v) is 2.98. The first-order chi connectivity index (χ1) is 10.6. The van der Waals surface area contributed by atoms with Crippen LogP contribution in [0.15, 0.2) is 59.5 Å². The lowest BCUT2D eigenvalue weighted by Gasteiger charge is -2.10. The second kappa shape index (κ2) is 6.03. The molecule has 0 saturated heterocycles. The molecule has 0 unspecified atom stereocenters. The topological polar surface area (TPSA) is 68.1 Å². The van der Waals surface area contributed by atoms with E-state index in [-0.39, 0.29) is 10.6 Å². The minimum Gasteiger partial charge on any atom is -0.325 e. The van der Waals surface area contributed by atoms with E-state index in [9.17, 15) is 10.1 Å². The first kappa shape index (κ1) is 14.3. The van der Waals surface area contributed by atoms with Gasteiger partial charge in [0.1, 0.15) is 4.90 Å². The fraction of sp³-hybridized carbons (Fsp3) is 0.0625. The van der Waals surface area contributed by atoms with Crippen LogP contribution in [0.5, 0.6) is 0 Å². The van der Waals surface area contributed by atoms with Gasteiger partial charge in [0.05, 0.1) is 16.1 Å². The van der Waals surface area contributed by atoms with Crippen LogP contribution in [-0.2, 0) is 0 Å². The van der Waals surface area contributed by atoms with Crippen LogP contribution in [0.25, 0.3) is 10.9 Å². The molecular formula is C16H13N3O2S. The lowest BCUT2D eigenvalue weighted by Crippen LogP contribution is -1.95. The lowest BCUT2D eigenvalue weighted by atomic mass is 10.2. The van der Waals surface area contributed by atoms with Gasteiger partial charge in [-0.1, -0.05) is 30.3 Å². The number of fused-ring (bicyclic) bond motifs is 1.